The number of aromatic nitrogens is 2. The number of nitrogens with zero attached hydrogens (tertiary/aromatic N) is 3. The largest absolute Gasteiger partial charge is 0.477 e. The van der Waals surface area contributed by atoms with Gasteiger partial charge in [0, 0.05) is 12.2 Å². The van der Waals surface area contributed by atoms with E-state index in [1.165, 1.54) is 6.07 Å². The molecule has 5 heteroatoms. The molecule has 0 saturated carbocycles. The summed E-state index contributed by atoms with van der Waals surface area (Å²) in [5.74, 6) is 1.83. The Kier molecular flexibility index (Phi) is 4.46. The van der Waals surface area contributed by atoms with Crippen molar-refractivity contribution >= 4 is 11.9 Å². The number of aryl methyl sites for hydroxylation is 1. The van der Waals surface area contributed by atoms with Gasteiger partial charge < -0.3 is 10.0 Å². The Hall–Kier alpha value is -2.09. The molecule has 0 aromatic carbocycles. The highest BCUT2D eigenvalue weighted by molar-refractivity contribution is 5.85. The number of rotatable bonds is 5. The molecule has 1 aromatic heterocycles. The molecule has 0 amide bonds. The van der Waals surface area contributed by atoms with Crippen LogP contribution in [0, 0.1) is 19.3 Å². The number of hydrogen-bond acceptors (Lipinski definition) is 4. The number of carboxylic acids is 1. The highest BCUT2D eigenvalue weighted by atomic mass is 16.4. The van der Waals surface area contributed by atoms with Crippen molar-refractivity contribution < 1.29 is 9.90 Å². The van der Waals surface area contributed by atoms with Gasteiger partial charge in [0.05, 0.1) is 6.54 Å². The van der Waals surface area contributed by atoms with E-state index < -0.39 is 5.97 Å². The first kappa shape index (κ1) is 13.0. The monoisotopic (exact) mass is 233 g/mol. The molecule has 1 rings (SSSR count). The van der Waals surface area contributed by atoms with Crippen LogP contribution in [0.1, 0.15) is 29.5 Å². The summed E-state index contributed by atoms with van der Waals surface area (Å²) in [6.45, 7) is 4.82. The van der Waals surface area contributed by atoms with E-state index in [2.05, 4.69) is 15.9 Å². The molecule has 5 nitrogen and oxygen atoms in total. The SMILES string of the molecule is C#CCN(CCC)c1nc(C)cc(C(=O)O)n1. The van der Waals surface area contributed by atoms with Crippen LogP contribution in [0.4, 0.5) is 5.95 Å². The maximum Gasteiger partial charge on any atom is 0.354 e. The number of carbonyl (C=O) groups is 1. The molecule has 0 bridgehead atoms. The lowest BCUT2D eigenvalue weighted by Crippen LogP contribution is -2.27. The summed E-state index contributed by atoms with van der Waals surface area (Å²) in [6.07, 6.45) is 6.16. The standard InChI is InChI=1S/C12H15N3O2/c1-4-6-15(7-5-2)12-13-9(3)8-10(14-12)11(16)17/h1,8H,5-7H2,2-3H3,(H,16,17). The van der Waals surface area contributed by atoms with Gasteiger partial charge in [-0.1, -0.05) is 12.8 Å². The predicted octanol–water partition coefficient (Wildman–Crippen LogP) is 1.33. The smallest absolute Gasteiger partial charge is 0.354 e. The third kappa shape index (κ3) is 3.45. The van der Waals surface area contributed by atoms with E-state index in [-0.39, 0.29) is 5.69 Å². The first-order valence-electron chi connectivity index (χ1n) is 5.35. The van der Waals surface area contributed by atoms with Gasteiger partial charge in [0.15, 0.2) is 5.69 Å². The molecule has 0 saturated heterocycles. The Balaban J connectivity index is 3.10. The zero-order chi connectivity index (χ0) is 12.8. The lowest BCUT2D eigenvalue weighted by Gasteiger charge is -2.19. The van der Waals surface area contributed by atoms with Crippen molar-refractivity contribution in [3.8, 4) is 12.3 Å². The van der Waals surface area contributed by atoms with Crippen molar-refractivity contribution in [2.45, 2.75) is 20.3 Å². The molecule has 0 aliphatic carbocycles. The summed E-state index contributed by atoms with van der Waals surface area (Å²) in [5.41, 5.74) is 0.608. The molecule has 1 aromatic rings. The molecule has 1 N–H and O–H groups in total. The second kappa shape index (κ2) is 5.85. The van der Waals surface area contributed by atoms with E-state index in [4.69, 9.17) is 11.5 Å². The van der Waals surface area contributed by atoms with Crippen molar-refractivity contribution in [2.24, 2.45) is 0 Å². The number of terminal acetylenes is 1. The van der Waals surface area contributed by atoms with Crippen molar-refractivity contribution in [2.75, 3.05) is 18.0 Å². The molecule has 0 aliphatic rings. The minimum atomic E-state index is -1.06. The van der Waals surface area contributed by atoms with Crippen LogP contribution in [0.25, 0.3) is 0 Å². The second-order valence-corrected chi connectivity index (χ2v) is 3.63. The molecule has 90 valence electrons. The Morgan fingerprint density at radius 3 is 2.82 bits per heavy atom. The van der Waals surface area contributed by atoms with E-state index >= 15 is 0 Å². The minimum Gasteiger partial charge on any atom is -0.477 e. The fourth-order valence-electron chi connectivity index (χ4n) is 1.43. The predicted molar refractivity (Wildman–Crippen MR) is 65.1 cm³/mol. The molecule has 0 spiro atoms. The Bertz CT molecular complexity index is 452. The fraction of sp³-hybridized carbons (Fsp3) is 0.417. The van der Waals surface area contributed by atoms with E-state index in [9.17, 15) is 4.79 Å². The normalized spacial score (nSPS) is 9.71. The van der Waals surface area contributed by atoms with Crippen molar-refractivity contribution in [3.63, 3.8) is 0 Å². The summed E-state index contributed by atoms with van der Waals surface area (Å²) in [5, 5.41) is 8.93. The Labute approximate surface area is 101 Å². The van der Waals surface area contributed by atoms with Gasteiger partial charge in [-0.2, -0.15) is 0 Å². The Morgan fingerprint density at radius 2 is 2.29 bits per heavy atom. The summed E-state index contributed by atoms with van der Waals surface area (Å²) in [6, 6.07) is 1.44. The number of carboxylic acid groups (broad SMARTS) is 1. The summed E-state index contributed by atoms with van der Waals surface area (Å²) in [4.78, 5) is 20.9. The average molecular weight is 233 g/mol. The molecule has 0 unspecified atom stereocenters. The molecule has 0 radical (unpaired) electrons. The van der Waals surface area contributed by atoms with Crippen LogP contribution in [-0.2, 0) is 0 Å². The van der Waals surface area contributed by atoms with Gasteiger partial charge in [-0.05, 0) is 19.4 Å². The second-order valence-electron chi connectivity index (χ2n) is 3.63. The van der Waals surface area contributed by atoms with Gasteiger partial charge >= 0.3 is 5.97 Å². The van der Waals surface area contributed by atoms with Gasteiger partial charge in [-0.3, -0.25) is 0 Å². The quantitative estimate of drug-likeness (QED) is 0.777. The highest BCUT2D eigenvalue weighted by Crippen LogP contribution is 2.10. The molecule has 0 fully saturated rings. The molecular formula is C12H15N3O2. The van der Waals surface area contributed by atoms with Crippen molar-refractivity contribution in [1.82, 2.24) is 9.97 Å². The van der Waals surface area contributed by atoms with Crippen LogP contribution < -0.4 is 4.90 Å². The first-order valence-corrected chi connectivity index (χ1v) is 5.35. The molecule has 17 heavy (non-hydrogen) atoms. The number of anilines is 1. The fourth-order valence-corrected chi connectivity index (χ4v) is 1.43. The van der Waals surface area contributed by atoms with Gasteiger partial charge in [-0.15, -0.1) is 6.42 Å². The number of aromatic carboxylic acids is 1. The zero-order valence-corrected chi connectivity index (χ0v) is 9.97. The van der Waals surface area contributed by atoms with E-state index in [0.717, 1.165) is 6.42 Å². The average Bonchev–Trinajstić information content (AvgIpc) is 2.28. The summed E-state index contributed by atoms with van der Waals surface area (Å²) in [7, 11) is 0. The summed E-state index contributed by atoms with van der Waals surface area (Å²) < 4.78 is 0. The highest BCUT2D eigenvalue weighted by Gasteiger charge is 2.13. The van der Waals surface area contributed by atoms with Crippen LogP contribution in [0.3, 0.4) is 0 Å². The van der Waals surface area contributed by atoms with Crippen molar-refractivity contribution in [1.29, 1.82) is 0 Å². The molecule has 0 atom stereocenters. The number of hydrogen-bond donors (Lipinski definition) is 1. The molecule has 0 aliphatic heterocycles. The van der Waals surface area contributed by atoms with E-state index in [1.54, 1.807) is 11.8 Å². The lowest BCUT2D eigenvalue weighted by atomic mass is 10.3. The van der Waals surface area contributed by atoms with Crippen LogP contribution in [-0.4, -0.2) is 34.1 Å². The Morgan fingerprint density at radius 1 is 1.59 bits per heavy atom. The first-order chi connectivity index (χ1) is 8.08. The maximum atomic E-state index is 10.9. The topological polar surface area (TPSA) is 66.3 Å². The third-order valence-corrected chi connectivity index (χ3v) is 2.12. The van der Waals surface area contributed by atoms with Gasteiger partial charge in [0.1, 0.15) is 0 Å². The van der Waals surface area contributed by atoms with Gasteiger partial charge in [-0.25, -0.2) is 14.8 Å². The van der Waals surface area contributed by atoms with Crippen LogP contribution >= 0.6 is 0 Å². The molecular weight excluding hydrogens is 218 g/mol. The van der Waals surface area contributed by atoms with Crippen LogP contribution in [0.5, 0.6) is 0 Å². The zero-order valence-electron chi connectivity index (χ0n) is 9.97. The van der Waals surface area contributed by atoms with E-state index in [0.29, 0.717) is 24.7 Å². The summed E-state index contributed by atoms with van der Waals surface area (Å²) >= 11 is 0. The molecule has 1 heterocycles. The maximum absolute atomic E-state index is 10.9. The van der Waals surface area contributed by atoms with Crippen LogP contribution in [0.15, 0.2) is 6.07 Å². The van der Waals surface area contributed by atoms with Crippen molar-refractivity contribution in [3.05, 3.63) is 17.5 Å². The van der Waals surface area contributed by atoms with Crippen LogP contribution in [0.2, 0.25) is 0 Å². The lowest BCUT2D eigenvalue weighted by molar-refractivity contribution is 0.0690. The van der Waals surface area contributed by atoms with E-state index in [1.807, 2.05) is 6.92 Å². The van der Waals surface area contributed by atoms with Gasteiger partial charge in [0.2, 0.25) is 5.95 Å². The third-order valence-electron chi connectivity index (χ3n) is 2.12. The van der Waals surface area contributed by atoms with Gasteiger partial charge in [0.25, 0.3) is 0 Å². The minimum absolute atomic E-state index is 0.00868.